The molecule has 1 aromatic heterocycles. The lowest BCUT2D eigenvalue weighted by Crippen LogP contribution is -2.00. The maximum absolute atomic E-state index is 9.21. The first-order valence-corrected chi connectivity index (χ1v) is 5.50. The molecule has 0 saturated carbocycles. The Kier molecular flexibility index (Phi) is 2.88. The zero-order valence-corrected chi connectivity index (χ0v) is 9.94. The molecule has 0 amide bonds. The fourth-order valence-corrected chi connectivity index (χ4v) is 1.70. The molecule has 2 rings (SSSR count). The van der Waals surface area contributed by atoms with Crippen LogP contribution >= 0.6 is 11.6 Å². The van der Waals surface area contributed by atoms with Crippen molar-refractivity contribution in [1.82, 2.24) is 9.78 Å². The standard InChI is InChI=1S/C12H13ClN2O/c1-8(2)15-7-11(13)12(14-15)9-3-5-10(16)6-4-9/h3-8,16H,1-2H3. The Labute approximate surface area is 99.3 Å². The van der Waals surface area contributed by atoms with Crippen molar-refractivity contribution in [2.75, 3.05) is 0 Å². The summed E-state index contributed by atoms with van der Waals surface area (Å²) in [7, 11) is 0. The first kappa shape index (κ1) is 11.0. The molecule has 1 N–H and O–H groups in total. The molecule has 0 atom stereocenters. The molecule has 3 nitrogen and oxygen atoms in total. The van der Waals surface area contributed by atoms with Crippen molar-refractivity contribution in [3.8, 4) is 17.0 Å². The van der Waals surface area contributed by atoms with Gasteiger partial charge in [-0.3, -0.25) is 4.68 Å². The smallest absolute Gasteiger partial charge is 0.115 e. The molecule has 1 aromatic carbocycles. The molecule has 0 aliphatic carbocycles. The third-order valence-corrected chi connectivity index (χ3v) is 2.63. The summed E-state index contributed by atoms with van der Waals surface area (Å²) in [5.74, 6) is 0.239. The van der Waals surface area contributed by atoms with Crippen LogP contribution in [0, 0.1) is 0 Å². The van der Waals surface area contributed by atoms with E-state index in [0.717, 1.165) is 11.3 Å². The number of rotatable bonds is 2. The van der Waals surface area contributed by atoms with E-state index in [0.29, 0.717) is 5.02 Å². The Morgan fingerprint density at radius 3 is 2.38 bits per heavy atom. The molecule has 0 aliphatic rings. The third kappa shape index (κ3) is 2.04. The summed E-state index contributed by atoms with van der Waals surface area (Å²) in [4.78, 5) is 0. The number of aromatic nitrogens is 2. The van der Waals surface area contributed by atoms with E-state index in [9.17, 15) is 5.11 Å². The van der Waals surface area contributed by atoms with Crippen LogP contribution in [0.3, 0.4) is 0 Å². The van der Waals surface area contributed by atoms with Crippen molar-refractivity contribution in [3.63, 3.8) is 0 Å². The molecule has 0 spiro atoms. The Morgan fingerprint density at radius 1 is 1.25 bits per heavy atom. The summed E-state index contributed by atoms with van der Waals surface area (Å²) in [5, 5.41) is 14.2. The van der Waals surface area contributed by atoms with Gasteiger partial charge >= 0.3 is 0 Å². The number of phenols is 1. The monoisotopic (exact) mass is 236 g/mol. The maximum Gasteiger partial charge on any atom is 0.115 e. The molecule has 0 unspecified atom stereocenters. The highest BCUT2D eigenvalue weighted by molar-refractivity contribution is 6.33. The number of nitrogens with zero attached hydrogens (tertiary/aromatic N) is 2. The SMILES string of the molecule is CC(C)n1cc(Cl)c(-c2ccc(O)cc2)n1. The van der Waals surface area contributed by atoms with Crippen molar-refractivity contribution >= 4 is 11.6 Å². The predicted molar refractivity (Wildman–Crippen MR) is 64.7 cm³/mol. The van der Waals surface area contributed by atoms with Crippen LogP contribution < -0.4 is 0 Å². The summed E-state index contributed by atoms with van der Waals surface area (Å²) < 4.78 is 1.82. The minimum absolute atomic E-state index is 0.239. The second-order valence-corrected chi connectivity index (χ2v) is 4.35. The van der Waals surface area contributed by atoms with Gasteiger partial charge in [0.1, 0.15) is 11.4 Å². The zero-order chi connectivity index (χ0) is 11.7. The number of aromatic hydroxyl groups is 1. The van der Waals surface area contributed by atoms with Crippen LogP contribution in [0.25, 0.3) is 11.3 Å². The fraction of sp³-hybridized carbons (Fsp3) is 0.250. The lowest BCUT2D eigenvalue weighted by Gasteiger charge is -2.03. The average molecular weight is 237 g/mol. The van der Waals surface area contributed by atoms with Crippen molar-refractivity contribution in [2.45, 2.75) is 19.9 Å². The Bertz CT molecular complexity index is 488. The molecule has 0 aliphatic heterocycles. The van der Waals surface area contributed by atoms with Crippen molar-refractivity contribution in [3.05, 3.63) is 35.5 Å². The lowest BCUT2D eigenvalue weighted by molar-refractivity contribution is 0.475. The minimum Gasteiger partial charge on any atom is -0.508 e. The number of hydrogen-bond donors (Lipinski definition) is 1. The van der Waals surface area contributed by atoms with E-state index in [2.05, 4.69) is 5.10 Å². The van der Waals surface area contributed by atoms with Gasteiger partial charge in [0.05, 0.1) is 5.02 Å². The van der Waals surface area contributed by atoms with E-state index in [4.69, 9.17) is 11.6 Å². The van der Waals surface area contributed by atoms with Crippen LogP contribution in [0.5, 0.6) is 5.75 Å². The highest BCUT2D eigenvalue weighted by Crippen LogP contribution is 2.28. The highest BCUT2D eigenvalue weighted by Gasteiger charge is 2.10. The van der Waals surface area contributed by atoms with Crippen molar-refractivity contribution in [1.29, 1.82) is 0 Å². The van der Waals surface area contributed by atoms with Gasteiger partial charge in [0.25, 0.3) is 0 Å². The van der Waals surface area contributed by atoms with Gasteiger partial charge in [-0.05, 0) is 38.1 Å². The van der Waals surface area contributed by atoms with Crippen molar-refractivity contribution < 1.29 is 5.11 Å². The lowest BCUT2D eigenvalue weighted by atomic mass is 10.1. The molecule has 0 fully saturated rings. The van der Waals surface area contributed by atoms with Gasteiger partial charge in [0, 0.05) is 17.8 Å². The van der Waals surface area contributed by atoms with Gasteiger partial charge in [-0.2, -0.15) is 5.10 Å². The van der Waals surface area contributed by atoms with Gasteiger partial charge in [-0.15, -0.1) is 0 Å². The van der Waals surface area contributed by atoms with E-state index >= 15 is 0 Å². The Hall–Kier alpha value is -1.48. The van der Waals surface area contributed by atoms with Crippen molar-refractivity contribution in [2.24, 2.45) is 0 Å². The van der Waals surface area contributed by atoms with E-state index in [1.807, 2.05) is 24.7 Å². The number of phenolic OH excluding ortho intramolecular Hbond substituents is 1. The molecule has 1 heterocycles. The highest BCUT2D eigenvalue weighted by atomic mass is 35.5. The average Bonchev–Trinajstić information content (AvgIpc) is 2.62. The molecule has 84 valence electrons. The zero-order valence-electron chi connectivity index (χ0n) is 9.18. The van der Waals surface area contributed by atoms with E-state index in [1.54, 1.807) is 24.3 Å². The van der Waals surface area contributed by atoms with Gasteiger partial charge in [-0.1, -0.05) is 11.6 Å². The second-order valence-electron chi connectivity index (χ2n) is 3.95. The van der Waals surface area contributed by atoms with Crippen LogP contribution in [0.4, 0.5) is 0 Å². The summed E-state index contributed by atoms with van der Waals surface area (Å²) in [5.41, 5.74) is 1.65. The van der Waals surface area contributed by atoms with Crippen LogP contribution in [0.1, 0.15) is 19.9 Å². The first-order chi connectivity index (χ1) is 7.58. The first-order valence-electron chi connectivity index (χ1n) is 5.12. The molecule has 4 heteroatoms. The van der Waals surface area contributed by atoms with E-state index in [1.165, 1.54) is 0 Å². The maximum atomic E-state index is 9.21. The largest absolute Gasteiger partial charge is 0.508 e. The Balaban J connectivity index is 2.44. The predicted octanol–water partition coefficient (Wildman–Crippen LogP) is 3.49. The number of benzene rings is 1. The normalized spacial score (nSPS) is 11.0. The van der Waals surface area contributed by atoms with Crippen LogP contribution in [-0.4, -0.2) is 14.9 Å². The minimum atomic E-state index is 0.239. The van der Waals surface area contributed by atoms with E-state index in [-0.39, 0.29) is 11.8 Å². The molecule has 0 saturated heterocycles. The van der Waals surface area contributed by atoms with Gasteiger partial charge < -0.3 is 5.11 Å². The summed E-state index contributed by atoms with van der Waals surface area (Å²) in [6, 6.07) is 7.13. The van der Waals surface area contributed by atoms with Crippen LogP contribution in [0.15, 0.2) is 30.5 Å². The molecule has 0 radical (unpaired) electrons. The molecule has 16 heavy (non-hydrogen) atoms. The third-order valence-electron chi connectivity index (χ3n) is 2.36. The topological polar surface area (TPSA) is 38.0 Å². The number of halogens is 1. The fourth-order valence-electron chi connectivity index (χ4n) is 1.45. The summed E-state index contributed by atoms with van der Waals surface area (Å²) in [6.07, 6.45) is 1.81. The molecular weight excluding hydrogens is 224 g/mol. The van der Waals surface area contributed by atoms with Crippen LogP contribution in [0.2, 0.25) is 5.02 Å². The molecular formula is C12H13ClN2O. The number of hydrogen-bond acceptors (Lipinski definition) is 2. The van der Waals surface area contributed by atoms with Crippen LogP contribution in [-0.2, 0) is 0 Å². The quantitative estimate of drug-likeness (QED) is 0.867. The summed E-state index contributed by atoms with van der Waals surface area (Å²) >= 11 is 6.12. The molecule has 0 bridgehead atoms. The summed E-state index contributed by atoms with van der Waals surface area (Å²) in [6.45, 7) is 4.09. The van der Waals surface area contributed by atoms with E-state index < -0.39 is 0 Å². The molecule has 2 aromatic rings. The Morgan fingerprint density at radius 2 is 1.88 bits per heavy atom. The second kappa shape index (κ2) is 4.18. The van der Waals surface area contributed by atoms with Gasteiger partial charge in [0.15, 0.2) is 0 Å². The van der Waals surface area contributed by atoms with Gasteiger partial charge in [0.2, 0.25) is 0 Å². The van der Waals surface area contributed by atoms with Gasteiger partial charge in [-0.25, -0.2) is 0 Å².